The second kappa shape index (κ2) is 8.75. The van der Waals surface area contributed by atoms with Crippen LogP contribution < -0.4 is 4.74 Å². The van der Waals surface area contributed by atoms with Crippen molar-refractivity contribution >= 4 is 34.3 Å². The Hall–Kier alpha value is -2.79. The Morgan fingerprint density at radius 1 is 1.10 bits per heavy atom. The molecule has 0 fully saturated rings. The summed E-state index contributed by atoms with van der Waals surface area (Å²) in [5, 5.41) is 1.57. The van der Waals surface area contributed by atoms with E-state index in [0.717, 1.165) is 27.8 Å². The molecule has 0 N–H and O–H groups in total. The lowest BCUT2D eigenvalue weighted by molar-refractivity contribution is -0.161. The van der Waals surface area contributed by atoms with Crippen LogP contribution in [-0.2, 0) is 20.7 Å². The Bertz CT molecular complexity index is 1120. The summed E-state index contributed by atoms with van der Waals surface area (Å²) in [6, 6.07) is 13.3. The fourth-order valence-corrected chi connectivity index (χ4v) is 3.71. The van der Waals surface area contributed by atoms with Gasteiger partial charge < -0.3 is 14.0 Å². The SMILES string of the molecule is COc1ccc2c(c1)c(CC(=O)C(C)C(=O)OC(C)(C)C)c(C)n2-c1ccc(Cl)cc1. The summed E-state index contributed by atoms with van der Waals surface area (Å²) in [5.74, 6) is -0.836. The van der Waals surface area contributed by atoms with Crippen molar-refractivity contribution in [1.82, 2.24) is 4.57 Å². The van der Waals surface area contributed by atoms with Crippen molar-refractivity contribution in [3.8, 4) is 11.4 Å². The van der Waals surface area contributed by atoms with E-state index in [-0.39, 0.29) is 12.2 Å². The Morgan fingerprint density at radius 2 is 1.74 bits per heavy atom. The van der Waals surface area contributed by atoms with Crippen molar-refractivity contribution in [3.05, 3.63) is 58.7 Å². The van der Waals surface area contributed by atoms with Gasteiger partial charge in [-0.3, -0.25) is 9.59 Å². The quantitative estimate of drug-likeness (QED) is 0.364. The highest BCUT2D eigenvalue weighted by atomic mass is 35.5. The lowest BCUT2D eigenvalue weighted by Crippen LogP contribution is -2.32. The van der Waals surface area contributed by atoms with Crippen molar-refractivity contribution in [3.63, 3.8) is 0 Å². The third-order valence-electron chi connectivity index (χ3n) is 5.22. The van der Waals surface area contributed by atoms with Crippen LogP contribution in [-0.4, -0.2) is 29.0 Å². The Labute approximate surface area is 187 Å². The van der Waals surface area contributed by atoms with Crippen LogP contribution in [0, 0.1) is 12.8 Å². The van der Waals surface area contributed by atoms with Crippen LogP contribution in [0.15, 0.2) is 42.5 Å². The van der Waals surface area contributed by atoms with Crippen molar-refractivity contribution in [2.45, 2.75) is 46.6 Å². The predicted octanol–water partition coefficient (Wildman–Crippen LogP) is 5.69. The van der Waals surface area contributed by atoms with E-state index < -0.39 is 17.5 Å². The van der Waals surface area contributed by atoms with Crippen LogP contribution in [0.4, 0.5) is 0 Å². The van der Waals surface area contributed by atoms with Gasteiger partial charge >= 0.3 is 5.97 Å². The van der Waals surface area contributed by atoms with Gasteiger partial charge in [0, 0.05) is 28.2 Å². The Kier molecular flexibility index (Phi) is 6.46. The maximum Gasteiger partial charge on any atom is 0.316 e. The van der Waals surface area contributed by atoms with E-state index in [1.807, 2.05) is 49.4 Å². The van der Waals surface area contributed by atoms with Gasteiger partial charge in [0.05, 0.1) is 12.6 Å². The smallest absolute Gasteiger partial charge is 0.316 e. The second-order valence-corrected chi connectivity index (χ2v) is 9.09. The minimum atomic E-state index is -0.849. The molecule has 0 aliphatic carbocycles. The van der Waals surface area contributed by atoms with Crippen LogP contribution in [0.25, 0.3) is 16.6 Å². The summed E-state index contributed by atoms with van der Waals surface area (Å²) in [7, 11) is 1.61. The molecule has 164 valence electrons. The van der Waals surface area contributed by atoms with Crippen LogP contribution in [0.2, 0.25) is 5.02 Å². The Morgan fingerprint density at radius 3 is 2.32 bits per heavy atom. The number of rotatable bonds is 6. The number of ketones is 1. The van der Waals surface area contributed by atoms with Crippen molar-refractivity contribution in [2.24, 2.45) is 5.92 Å². The average molecular weight is 442 g/mol. The average Bonchev–Trinajstić information content (AvgIpc) is 2.97. The van der Waals surface area contributed by atoms with E-state index in [2.05, 4.69) is 4.57 Å². The first-order valence-corrected chi connectivity index (χ1v) is 10.6. The first kappa shape index (κ1) is 22.9. The molecule has 1 heterocycles. The summed E-state index contributed by atoms with van der Waals surface area (Å²) in [6.45, 7) is 8.95. The minimum absolute atomic E-state index is 0.122. The molecule has 5 nitrogen and oxygen atoms in total. The molecular formula is C25H28ClNO4. The van der Waals surface area contributed by atoms with E-state index >= 15 is 0 Å². The molecule has 1 aromatic heterocycles. The number of benzene rings is 2. The molecule has 0 saturated carbocycles. The molecule has 6 heteroatoms. The molecule has 0 saturated heterocycles. The van der Waals surface area contributed by atoms with E-state index in [0.29, 0.717) is 10.8 Å². The van der Waals surface area contributed by atoms with Crippen LogP contribution in [0.3, 0.4) is 0 Å². The predicted molar refractivity (Wildman–Crippen MR) is 123 cm³/mol. The third kappa shape index (κ3) is 4.93. The molecule has 1 unspecified atom stereocenters. The normalized spacial score (nSPS) is 12.6. The maximum atomic E-state index is 13.0. The molecule has 3 rings (SSSR count). The largest absolute Gasteiger partial charge is 0.497 e. The van der Waals surface area contributed by atoms with Gasteiger partial charge in [-0.05, 0) is 82.6 Å². The monoisotopic (exact) mass is 441 g/mol. The van der Waals surface area contributed by atoms with Crippen molar-refractivity contribution < 1.29 is 19.1 Å². The number of carbonyl (C=O) groups is 2. The zero-order chi connectivity index (χ0) is 22.9. The number of Topliss-reactive ketones (excluding diaryl/α,β-unsaturated/α-hetero) is 1. The highest BCUT2D eigenvalue weighted by molar-refractivity contribution is 6.30. The van der Waals surface area contributed by atoms with Gasteiger partial charge in [-0.25, -0.2) is 0 Å². The fraction of sp³-hybridized carbons (Fsp3) is 0.360. The van der Waals surface area contributed by atoms with Crippen LogP contribution in [0.5, 0.6) is 5.75 Å². The lowest BCUT2D eigenvalue weighted by atomic mass is 9.97. The number of aromatic nitrogens is 1. The summed E-state index contributed by atoms with van der Waals surface area (Å²) in [5.41, 5.74) is 3.04. The summed E-state index contributed by atoms with van der Waals surface area (Å²) >= 11 is 6.07. The fourth-order valence-electron chi connectivity index (χ4n) is 3.58. The van der Waals surface area contributed by atoms with Crippen molar-refractivity contribution in [2.75, 3.05) is 7.11 Å². The first-order chi connectivity index (χ1) is 14.5. The zero-order valence-electron chi connectivity index (χ0n) is 18.8. The number of hydrogen-bond acceptors (Lipinski definition) is 4. The molecule has 1 atom stereocenters. The van der Waals surface area contributed by atoms with Gasteiger partial charge in [0.15, 0.2) is 5.78 Å². The first-order valence-electron chi connectivity index (χ1n) is 10.2. The van der Waals surface area contributed by atoms with Crippen LogP contribution in [0.1, 0.15) is 39.0 Å². The van der Waals surface area contributed by atoms with E-state index in [9.17, 15) is 9.59 Å². The number of esters is 1. The number of carbonyl (C=O) groups excluding carboxylic acids is 2. The number of nitrogens with zero attached hydrogens (tertiary/aromatic N) is 1. The molecule has 31 heavy (non-hydrogen) atoms. The summed E-state index contributed by atoms with van der Waals surface area (Å²) < 4.78 is 12.9. The standard InChI is InChI=1S/C25H28ClNO4/c1-15(24(29)31-25(3,4)5)23(28)14-20-16(2)27(18-9-7-17(26)8-10-18)22-12-11-19(30-6)13-21(20)22/h7-13,15H,14H2,1-6H3. The molecule has 3 aromatic rings. The van der Waals surface area contributed by atoms with Gasteiger partial charge in [-0.1, -0.05) is 11.6 Å². The highest BCUT2D eigenvalue weighted by Crippen LogP contribution is 2.33. The topological polar surface area (TPSA) is 57.5 Å². The number of hydrogen-bond donors (Lipinski definition) is 0. The van der Waals surface area contributed by atoms with Gasteiger partial charge in [-0.15, -0.1) is 0 Å². The molecular weight excluding hydrogens is 414 g/mol. The molecule has 0 aliphatic heterocycles. The maximum absolute atomic E-state index is 13.0. The van der Waals surface area contributed by atoms with E-state index in [1.54, 1.807) is 34.8 Å². The molecule has 0 aliphatic rings. The minimum Gasteiger partial charge on any atom is -0.497 e. The van der Waals surface area contributed by atoms with Crippen molar-refractivity contribution in [1.29, 1.82) is 0 Å². The number of ether oxygens (including phenoxy) is 2. The van der Waals surface area contributed by atoms with Gasteiger partial charge in [0.2, 0.25) is 0 Å². The van der Waals surface area contributed by atoms with Gasteiger partial charge in [0.25, 0.3) is 0 Å². The Balaban J connectivity index is 2.05. The van der Waals surface area contributed by atoms with E-state index in [4.69, 9.17) is 21.1 Å². The number of methoxy groups -OCH3 is 1. The number of halogens is 1. The zero-order valence-corrected chi connectivity index (χ0v) is 19.5. The van der Waals surface area contributed by atoms with Gasteiger partial charge in [-0.2, -0.15) is 0 Å². The molecule has 0 amide bonds. The second-order valence-electron chi connectivity index (χ2n) is 8.66. The van der Waals surface area contributed by atoms with Gasteiger partial charge in [0.1, 0.15) is 17.3 Å². The summed E-state index contributed by atoms with van der Waals surface area (Å²) in [4.78, 5) is 25.4. The van der Waals surface area contributed by atoms with E-state index in [1.165, 1.54) is 0 Å². The molecule has 0 radical (unpaired) electrons. The lowest BCUT2D eigenvalue weighted by Gasteiger charge is -2.21. The highest BCUT2D eigenvalue weighted by Gasteiger charge is 2.28. The molecule has 0 bridgehead atoms. The number of fused-ring (bicyclic) bond motifs is 1. The van der Waals surface area contributed by atoms with Crippen LogP contribution >= 0.6 is 11.6 Å². The summed E-state index contributed by atoms with van der Waals surface area (Å²) in [6.07, 6.45) is 0.122. The third-order valence-corrected chi connectivity index (χ3v) is 5.47. The molecule has 0 spiro atoms. The molecule has 2 aromatic carbocycles.